The molecule has 7 nitrogen and oxygen atoms in total. The fourth-order valence-corrected chi connectivity index (χ4v) is 3.34. The van der Waals surface area contributed by atoms with Gasteiger partial charge in [-0.15, -0.1) is 0 Å². The summed E-state index contributed by atoms with van der Waals surface area (Å²) in [6, 6.07) is 5.59. The highest BCUT2D eigenvalue weighted by atomic mass is 32.2. The molecule has 10 heteroatoms. The number of fused-ring (bicyclic) bond motifs is 1. The van der Waals surface area contributed by atoms with Gasteiger partial charge in [-0.25, -0.2) is 4.98 Å². The fourth-order valence-electron chi connectivity index (χ4n) is 2.33. The maximum Gasteiger partial charge on any atom is 0.387 e. The Morgan fingerprint density at radius 2 is 2.19 bits per heavy atom. The first-order valence-electron chi connectivity index (χ1n) is 8.39. The molecule has 0 aliphatic rings. The quantitative estimate of drug-likeness (QED) is 0.673. The van der Waals surface area contributed by atoms with Crippen LogP contribution in [0.5, 0.6) is 17.2 Å². The minimum atomic E-state index is -2.95. The summed E-state index contributed by atoms with van der Waals surface area (Å²) in [7, 11) is -1.86. The summed E-state index contributed by atoms with van der Waals surface area (Å²) in [5.41, 5.74) is 1.12. The monoisotopic (exact) mass is 385 g/mol. The Labute approximate surface area is 152 Å². The molecule has 3 rings (SSSR count). The van der Waals surface area contributed by atoms with Crippen molar-refractivity contribution in [3.05, 3.63) is 36.2 Å². The first-order chi connectivity index (χ1) is 13.4. The summed E-state index contributed by atoms with van der Waals surface area (Å²) in [5, 5.41) is 0.123. The molecule has 0 aliphatic heterocycles. The molecule has 1 atom stereocenters. The van der Waals surface area contributed by atoms with Gasteiger partial charge in [-0.2, -0.15) is 8.78 Å². The third kappa shape index (κ3) is 3.74. The van der Waals surface area contributed by atoms with E-state index in [4.69, 9.17) is 12.2 Å². The summed E-state index contributed by atoms with van der Waals surface area (Å²) in [5.74, 6) is 0.181. The Morgan fingerprint density at radius 1 is 1.35 bits per heavy atom. The molecule has 0 bridgehead atoms. The van der Waals surface area contributed by atoms with E-state index in [1.807, 2.05) is 0 Å². The molecule has 0 saturated heterocycles. The number of benzene rings is 1. The molecular weight excluding hydrogens is 368 g/mol. The topological polar surface area (TPSA) is 86.3 Å². The van der Waals surface area contributed by atoms with Crippen molar-refractivity contribution in [1.29, 1.82) is 0 Å². The van der Waals surface area contributed by atoms with Crippen LogP contribution in [0.4, 0.5) is 8.78 Å². The lowest BCUT2D eigenvalue weighted by molar-refractivity contribution is -0.0497. The molecule has 3 aromatic rings. The Hall–Kier alpha value is -2.75. The standard InChI is InChI=1S/C16H15F2N3O4S/c1-23-13-5-6-19-12(14(13)24-2)8-26(22)16-20-10-4-3-9(25-15(17)18)7-11(10)21-16/h3-7,15H,8H2,1-2H3,(H,20,21)/t26-/m1/s1/i1D2. The number of aromatic amines is 1. The molecule has 138 valence electrons. The van der Waals surface area contributed by atoms with Crippen molar-refractivity contribution in [3.8, 4) is 17.2 Å². The average Bonchev–Trinajstić information content (AvgIpc) is 3.04. The summed E-state index contributed by atoms with van der Waals surface area (Å²) in [6.07, 6.45) is 1.39. The van der Waals surface area contributed by atoms with E-state index in [1.165, 1.54) is 37.6 Å². The van der Waals surface area contributed by atoms with Gasteiger partial charge in [0.1, 0.15) is 5.75 Å². The van der Waals surface area contributed by atoms with E-state index in [2.05, 4.69) is 19.7 Å². The van der Waals surface area contributed by atoms with Crippen LogP contribution >= 0.6 is 0 Å². The van der Waals surface area contributed by atoms with E-state index in [0.717, 1.165) is 0 Å². The number of rotatable bonds is 7. The third-order valence-corrected chi connectivity index (χ3v) is 4.57. The van der Waals surface area contributed by atoms with Crippen LogP contribution < -0.4 is 14.2 Å². The maximum atomic E-state index is 12.7. The zero-order valence-electron chi connectivity index (χ0n) is 15.4. The highest BCUT2D eigenvalue weighted by Crippen LogP contribution is 2.30. The number of nitrogens with zero attached hydrogens (tertiary/aromatic N) is 2. The number of pyridine rings is 1. The van der Waals surface area contributed by atoms with Crippen molar-refractivity contribution in [2.24, 2.45) is 0 Å². The minimum Gasteiger partial charge on any atom is -0.493 e. The second-order valence-corrected chi connectivity index (χ2v) is 6.36. The van der Waals surface area contributed by atoms with Gasteiger partial charge in [-0.1, -0.05) is 0 Å². The van der Waals surface area contributed by atoms with Crippen LogP contribution in [0, 0.1) is 0 Å². The minimum absolute atomic E-state index is 0.0444. The Bertz CT molecular complexity index is 1000. The molecule has 0 aliphatic carbocycles. The van der Waals surface area contributed by atoms with E-state index in [9.17, 15) is 13.0 Å². The lowest BCUT2D eigenvalue weighted by Crippen LogP contribution is -2.04. The molecule has 0 saturated carbocycles. The highest BCUT2D eigenvalue weighted by Gasteiger charge is 2.17. The van der Waals surface area contributed by atoms with Crippen molar-refractivity contribution in [1.82, 2.24) is 15.0 Å². The van der Waals surface area contributed by atoms with Gasteiger partial charge in [-0.05, 0) is 12.1 Å². The first kappa shape index (κ1) is 15.5. The lowest BCUT2D eigenvalue weighted by atomic mass is 10.3. The van der Waals surface area contributed by atoms with Crippen molar-refractivity contribution in [2.75, 3.05) is 14.2 Å². The second kappa shape index (κ2) is 7.65. The molecule has 1 N–H and O–H groups in total. The SMILES string of the molecule is [2H]C([2H])Oc1ccnc(C[S@@](=O)c2nc3ccc(OC(F)F)cc3[nH]2)c1OC. The number of halogens is 2. The van der Waals surface area contributed by atoms with Crippen LogP contribution in [0.15, 0.2) is 35.6 Å². The smallest absolute Gasteiger partial charge is 0.387 e. The third-order valence-electron chi connectivity index (χ3n) is 3.41. The zero-order chi connectivity index (χ0) is 20.3. The molecule has 26 heavy (non-hydrogen) atoms. The van der Waals surface area contributed by atoms with Gasteiger partial charge in [0.2, 0.25) is 0 Å². The normalized spacial score (nSPS) is 13.6. The van der Waals surface area contributed by atoms with E-state index in [-0.39, 0.29) is 28.2 Å². The molecule has 0 fully saturated rings. The predicted octanol–water partition coefficient (Wildman–Crippen LogP) is 2.88. The van der Waals surface area contributed by atoms with Crippen molar-refractivity contribution in [3.63, 3.8) is 0 Å². The molecule has 0 radical (unpaired) electrons. The van der Waals surface area contributed by atoms with E-state index < -0.39 is 24.5 Å². The molecule has 2 aromatic heterocycles. The van der Waals surface area contributed by atoms with E-state index >= 15 is 0 Å². The highest BCUT2D eigenvalue weighted by molar-refractivity contribution is 7.84. The number of hydrogen-bond acceptors (Lipinski definition) is 6. The molecule has 0 spiro atoms. The lowest BCUT2D eigenvalue weighted by Gasteiger charge is -2.10. The molecular formula is C16H15F2N3O4S. The van der Waals surface area contributed by atoms with Crippen LogP contribution in [-0.2, 0) is 16.6 Å². The first-order valence-corrected chi connectivity index (χ1v) is 8.55. The maximum absolute atomic E-state index is 12.7. The Kier molecular flexibility index (Phi) is 4.56. The van der Waals surface area contributed by atoms with E-state index in [1.54, 1.807) is 0 Å². The number of nitrogens with one attached hydrogen (secondary N) is 1. The number of imidazole rings is 1. The number of H-pyrrole nitrogens is 1. The van der Waals surface area contributed by atoms with Crippen LogP contribution in [0.25, 0.3) is 11.0 Å². The van der Waals surface area contributed by atoms with Gasteiger partial charge in [0, 0.05) is 18.3 Å². The van der Waals surface area contributed by atoms with Crippen LogP contribution in [0.1, 0.15) is 8.44 Å². The number of hydrogen-bond donors (Lipinski definition) is 1. The summed E-state index contributed by atoms with van der Waals surface area (Å²) in [4.78, 5) is 11.1. The van der Waals surface area contributed by atoms with Gasteiger partial charge in [0.15, 0.2) is 16.7 Å². The van der Waals surface area contributed by atoms with Gasteiger partial charge in [-0.3, -0.25) is 9.19 Å². The van der Waals surface area contributed by atoms with E-state index in [0.29, 0.717) is 16.7 Å². The summed E-state index contributed by atoms with van der Waals surface area (Å²) in [6.45, 7) is -2.95. The number of methoxy groups -OCH3 is 2. The number of ether oxygens (including phenoxy) is 3. The predicted molar refractivity (Wildman–Crippen MR) is 90.2 cm³/mol. The molecule has 1 aromatic carbocycles. The van der Waals surface area contributed by atoms with Crippen LogP contribution in [0.3, 0.4) is 0 Å². The second-order valence-electron chi connectivity index (χ2n) is 5.00. The van der Waals surface area contributed by atoms with Crippen LogP contribution in [-0.4, -0.2) is 39.9 Å². The summed E-state index contributed by atoms with van der Waals surface area (Å²) >= 11 is 0. The van der Waals surface area contributed by atoms with Gasteiger partial charge >= 0.3 is 6.61 Å². The Balaban J connectivity index is 1.85. The number of alkyl halides is 2. The average molecular weight is 385 g/mol. The molecule has 0 unspecified atom stereocenters. The van der Waals surface area contributed by atoms with Gasteiger partial charge in [0.05, 0.1) is 50.2 Å². The van der Waals surface area contributed by atoms with Crippen molar-refractivity contribution < 1.29 is 29.9 Å². The summed E-state index contributed by atoms with van der Waals surface area (Å²) < 4.78 is 66.3. The Morgan fingerprint density at radius 3 is 2.92 bits per heavy atom. The van der Waals surface area contributed by atoms with Crippen LogP contribution in [0.2, 0.25) is 0 Å². The fraction of sp³-hybridized carbons (Fsp3) is 0.250. The van der Waals surface area contributed by atoms with Crippen molar-refractivity contribution >= 4 is 21.8 Å². The molecule has 0 amide bonds. The zero-order valence-corrected chi connectivity index (χ0v) is 14.3. The van der Waals surface area contributed by atoms with Crippen molar-refractivity contribution in [2.45, 2.75) is 17.5 Å². The van der Waals surface area contributed by atoms with Gasteiger partial charge < -0.3 is 19.2 Å². The molecule has 2 heterocycles. The van der Waals surface area contributed by atoms with Gasteiger partial charge in [0.25, 0.3) is 0 Å². The largest absolute Gasteiger partial charge is 0.493 e. The number of aromatic nitrogens is 3.